The number of hydrogen-bond acceptors (Lipinski definition) is 6. The zero-order chi connectivity index (χ0) is 22.0. The molecule has 2 aromatic rings. The Morgan fingerprint density at radius 2 is 2.06 bits per heavy atom. The second kappa shape index (κ2) is 9.83. The SMILES string of the molecule is CN1CC[C@@H](COc2cc(F)c3c(=O)[nH]c(CS[C@H]4CC[C@H](O)CC4)nc3c2)[C@H](F)C1. The van der Waals surface area contributed by atoms with Crippen LogP contribution >= 0.6 is 11.8 Å². The number of aromatic nitrogens is 2. The van der Waals surface area contributed by atoms with E-state index in [1.807, 2.05) is 11.9 Å². The summed E-state index contributed by atoms with van der Waals surface area (Å²) in [7, 11) is 1.89. The predicted molar refractivity (Wildman–Crippen MR) is 118 cm³/mol. The van der Waals surface area contributed by atoms with E-state index in [1.165, 1.54) is 6.07 Å². The molecule has 0 radical (unpaired) electrons. The van der Waals surface area contributed by atoms with Gasteiger partial charge in [-0.1, -0.05) is 0 Å². The third-order valence-corrected chi connectivity index (χ3v) is 7.61. The summed E-state index contributed by atoms with van der Waals surface area (Å²) in [5.41, 5.74) is -0.267. The molecule has 2 heterocycles. The van der Waals surface area contributed by atoms with Gasteiger partial charge >= 0.3 is 0 Å². The van der Waals surface area contributed by atoms with Gasteiger partial charge in [-0.05, 0) is 45.7 Å². The minimum atomic E-state index is -0.977. The highest BCUT2D eigenvalue weighted by Gasteiger charge is 2.28. The van der Waals surface area contributed by atoms with Crippen LogP contribution in [0.4, 0.5) is 8.78 Å². The van der Waals surface area contributed by atoms with Crippen LogP contribution in [0.1, 0.15) is 37.9 Å². The van der Waals surface area contributed by atoms with Gasteiger partial charge in [-0.3, -0.25) is 4.79 Å². The molecule has 9 heteroatoms. The number of fused-ring (bicyclic) bond motifs is 1. The largest absolute Gasteiger partial charge is 0.493 e. The Morgan fingerprint density at radius 3 is 2.81 bits per heavy atom. The summed E-state index contributed by atoms with van der Waals surface area (Å²) in [4.78, 5) is 21.5. The number of aliphatic hydroxyl groups is 1. The molecular formula is C22H29F2N3O3S. The molecular weight excluding hydrogens is 424 g/mol. The van der Waals surface area contributed by atoms with Gasteiger partial charge in [-0.25, -0.2) is 13.8 Å². The quantitative estimate of drug-likeness (QED) is 0.699. The van der Waals surface area contributed by atoms with Crippen LogP contribution in [0.3, 0.4) is 0 Å². The molecule has 1 saturated carbocycles. The molecule has 31 heavy (non-hydrogen) atoms. The van der Waals surface area contributed by atoms with Gasteiger partial charge in [0, 0.05) is 29.8 Å². The maximum absolute atomic E-state index is 14.6. The van der Waals surface area contributed by atoms with Crippen molar-refractivity contribution in [1.29, 1.82) is 0 Å². The van der Waals surface area contributed by atoms with Crippen LogP contribution in [0, 0.1) is 11.7 Å². The van der Waals surface area contributed by atoms with E-state index < -0.39 is 17.5 Å². The third kappa shape index (κ3) is 5.56. The molecule has 0 spiro atoms. The Kier molecular flexibility index (Phi) is 7.13. The highest BCUT2D eigenvalue weighted by molar-refractivity contribution is 7.99. The Bertz CT molecular complexity index is 965. The van der Waals surface area contributed by atoms with Crippen molar-refractivity contribution < 1.29 is 18.6 Å². The lowest BCUT2D eigenvalue weighted by molar-refractivity contribution is 0.0695. The van der Waals surface area contributed by atoms with Gasteiger partial charge < -0.3 is 19.7 Å². The minimum absolute atomic E-state index is 0.0930. The molecule has 1 aliphatic carbocycles. The zero-order valence-electron chi connectivity index (χ0n) is 17.7. The molecule has 1 aromatic heterocycles. The molecule has 2 N–H and O–H groups in total. The van der Waals surface area contributed by atoms with E-state index in [0.717, 1.165) is 32.2 Å². The predicted octanol–water partition coefficient (Wildman–Crippen LogP) is 3.27. The van der Waals surface area contributed by atoms with Crippen LogP contribution in [0.2, 0.25) is 0 Å². The summed E-state index contributed by atoms with van der Waals surface area (Å²) in [5, 5.41) is 9.96. The van der Waals surface area contributed by atoms with Crippen LogP contribution in [0.5, 0.6) is 5.75 Å². The van der Waals surface area contributed by atoms with E-state index in [2.05, 4.69) is 9.97 Å². The number of hydrogen-bond donors (Lipinski definition) is 2. The van der Waals surface area contributed by atoms with Crippen LogP contribution in [0.25, 0.3) is 10.9 Å². The highest BCUT2D eigenvalue weighted by Crippen LogP contribution is 2.30. The number of piperidine rings is 1. The Balaban J connectivity index is 1.45. The molecule has 1 saturated heterocycles. The van der Waals surface area contributed by atoms with Crippen molar-refractivity contribution in [3.63, 3.8) is 0 Å². The van der Waals surface area contributed by atoms with Crippen molar-refractivity contribution in [1.82, 2.24) is 14.9 Å². The normalized spacial score (nSPS) is 27.5. The summed E-state index contributed by atoms with van der Waals surface area (Å²) in [6, 6.07) is 2.73. The Hall–Kier alpha value is -1.71. The van der Waals surface area contributed by atoms with Gasteiger partial charge in [0.15, 0.2) is 0 Å². The van der Waals surface area contributed by atoms with E-state index in [1.54, 1.807) is 17.8 Å². The fraction of sp³-hybridized carbons (Fsp3) is 0.636. The monoisotopic (exact) mass is 453 g/mol. The number of nitrogens with zero attached hydrogens (tertiary/aromatic N) is 2. The molecule has 4 rings (SSSR count). The molecule has 1 aromatic carbocycles. The van der Waals surface area contributed by atoms with Crippen LogP contribution in [-0.2, 0) is 5.75 Å². The van der Waals surface area contributed by atoms with E-state index in [0.29, 0.717) is 29.8 Å². The Morgan fingerprint density at radius 1 is 1.29 bits per heavy atom. The van der Waals surface area contributed by atoms with Gasteiger partial charge in [-0.15, -0.1) is 0 Å². The van der Waals surface area contributed by atoms with Crippen molar-refractivity contribution in [3.8, 4) is 5.75 Å². The number of ether oxygens (including phenoxy) is 1. The van der Waals surface area contributed by atoms with Crippen LogP contribution < -0.4 is 10.3 Å². The van der Waals surface area contributed by atoms with Crippen molar-refractivity contribution in [2.45, 2.75) is 55.4 Å². The molecule has 0 amide bonds. The topological polar surface area (TPSA) is 78.5 Å². The first-order valence-electron chi connectivity index (χ1n) is 10.9. The summed E-state index contributed by atoms with van der Waals surface area (Å²) >= 11 is 1.69. The molecule has 0 unspecified atom stereocenters. The molecule has 2 atom stereocenters. The first-order valence-corrected chi connectivity index (χ1v) is 11.9. The van der Waals surface area contributed by atoms with Crippen molar-refractivity contribution in [2.24, 2.45) is 5.92 Å². The average Bonchev–Trinajstić information content (AvgIpc) is 2.72. The number of aromatic amines is 1. The molecule has 1 aliphatic heterocycles. The number of benzene rings is 1. The molecule has 2 aliphatic rings. The lowest BCUT2D eigenvalue weighted by Crippen LogP contribution is -2.41. The summed E-state index contributed by atoms with van der Waals surface area (Å²) in [6.07, 6.45) is 2.95. The number of halogens is 2. The zero-order valence-corrected chi connectivity index (χ0v) is 18.5. The first-order chi connectivity index (χ1) is 14.9. The molecule has 0 bridgehead atoms. The Labute approximate surface area is 184 Å². The number of likely N-dealkylation sites (tertiary alicyclic amines) is 1. The lowest BCUT2D eigenvalue weighted by Gasteiger charge is -2.32. The smallest absolute Gasteiger partial charge is 0.261 e. The van der Waals surface area contributed by atoms with Crippen molar-refractivity contribution in [3.05, 3.63) is 34.1 Å². The van der Waals surface area contributed by atoms with Gasteiger partial charge in [0.1, 0.15) is 28.9 Å². The standard InChI is InChI=1S/C22H29F2N3O3S/c1-27-7-6-13(18(24)10-27)11-30-15-8-17(23)21-19(9-15)25-20(26-22(21)29)12-31-16-4-2-14(28)3-5-16/h8-9,13-14,16,18,28H,2-7,10-12H2,1H3,(H,25,26,29)/t13-,14-,16-,18+/m0/s1. The first kappa shape index (κ1) is 22.5. The summed E-state index contributed by atoms with van der Waals surface area (Å²) in [6.45, 7) is 1.34. The molecule has 2 fully saturated rings. The summed E-state index contributed by atoms with van der Waals surface area (Å²) < 4.78 is 34.5. The fourth-order valence-electron chi connectivity index (χ4n) is 4.30. The maximum Gasteiger partial charge on any atom is 0.261 e. The number of aliphatic hydroxyl groups excluding tert-OH is 1. The number of alkyl halides is 1. The van der Waals surface area contributed by atoms with E-state index >= 15 is 0 Å². The van der Waals surface area contributed by atoms with Gasteiger partial charge in [0.25, 0.3) is 5.56 Å². The van der Waals surface area contributed by atoms with E-state index in [9.17, 15) is 18.7 Å². The van der Waals surface area contributed by atoms with Crippen molar-refractivity contribution >= 4 is 22.7 Å². The number of rotatable bonds is 6. The number of H-pyrrole nitrogens is 1. The molecule has 170 valence electrons. The minimum Gasteiger partial charge on any atom is -0.493 e. The number of thioether (sulfide) groups is 1. The highest BCUT2D eigenvalue weighted by atomic mass is 32.2. The number of nitrogens with one attached hydrogen (secondary N) is 1. The fourth-order valence-corrected chi connectivity index (χ4v) is 5.44. The summed E-state index contributed by atoms with van der Waals surface area (Å²) in [5.74, 6) is 0.334. The third-order valence-electron chi connectivity index (χ3n) is 6.23. The van der Waals surface area contributed by atoms with Gasteiger partial charge in [0.2, 0.25) is 0 Å². The van der Waals surface area contributed by atoms with Crippen molar-refractivity contribution in [2.75, 3.05) is 26.7 Å². The van der Waals surface area contributed by atoms with Crippen LogP contribution in [-0.4, -0.2) is 64.2 Å². The van der Waals surface area contributed by atoms with E-state index in [-0.39, 0.29) is 35.3 Å². The van der Waals surface area contributed by atoms with Gasteiger partial charge in [-0.2, -0.15) is 11.8 Å². The van der Waals surface area contributed by atoms with Gasteiger partial charge in [0.05, 0.1) is 24.0 Å². The molecule has 6 nitrogen and oxygen atoms in total. The average molecular weight is 454 g/mol. The lowest BCUT2D eigenvalue weighted by atomic mass is 9.96. The second-order valence-corrected chi connectivity index (χ2v) is 9.98. The van der Waals surface area contributed by atoms with Crippen LogP contribution in [0.15, 0.2) is 16.9 Å². The van der Waals surface area contributed by atoms with E-state index in [4.69, 9.17) is 4.74 Å². The maximum atomic E-state index is 14.6. The second-order valence-electron chi connectivity index (χ2n) is 8.69.